The quantitative estimate of drug-likeness (QED) is 0.266. The van der Waals surface area contributed by atoms with Gasteiger partial charge in [-0.3, -0.25) is 30.3 Å². The van der Waals surface area contributed by atoms with Gasteiger partial charge in [0.15, 0.2) is 5.11 Å². The van der Waals surface area contributed by atoms with E-state index in [1.54, 1.807) is 12.1 Å². The topological polar surface area (TPSA) is 116 Å². The lowest BCUT2D eigenvalue weighted by Gasteiger charge is -2.16. The van der Waals surface area contributed by atoms with Crippen molar-refractivity contribution >= 4 is 40.9 Å². The Morgan fingerprint density at radius 1 is 1.18 bits per heavy atom. The lowest BCUT2D eigenvalue weighted by molar-refractivity contribution is -0.384. The third kappa shape index (κ3) is 3.37. The summed E-state index contributed by atoms with van der Waals surface area (Å²) in [5.74, 6) is -0.827. The molecule has 0 atom stereocenters. The molecule has 10 heteroatoms. The Morgan fingerprint density at radius 2 is 1.82 bits per heavy atom. The van der Waals surface area contributed by atoms with Crippen molar-refractivity contribution < 1.29 is 19.2 Å². The molecule has 0 aliphatic carbocycles. The Kier molecular flexibility index (Phi) is 4.97. The Morgan fingerprint density at radius 3 is 2.39 bits per heavy atom. The lowest BCUT2D eigenvalue weighted by atomic mass is 10.1. The molecule has 1 aromatic heterocycles. The van der Waals surface area contributed by atoms with E-state index in [0.717, 1.165) is 11.4 Å². The summed E-state index contributed by atoms with van der Waals surface area (Å²) < 4.78 is 7.15. The zero-order valence-corrected chi connectivity index (χ0v) is 16.0. The number of methoxy groups -OCH3 is 1. The number of benzene rings is 1. The molecular weight excluding hydrogens is 384 g/mol. The van der Waals surface area contributed by atoms with Gasteiger partial charge in [-0.2, -0.15) is 0 Å². The van der Waals surface area contributed by atoms with Crippen LogP contribution in [-0.2, 0) is 9.59 Å². The molecular formula is C18H16N4O5S. The molecule has 1 fully saturated rings. The second-order valence-corrected chi connectivity index (χ2v) is 6.48. The zero-order chi connectivity index (χ0) is 20.6. The minimum Gasteiger partial charge on any atom is -0.494 e. The Hall–Kier alpha value is -3.53. The summed E-state index contributed by atoms with van der Waals surface area (Å²) in [6.45, 7) is 3.65. The van der Waals surface area contributed by atoms with Crippen LogP contribution in [0.15, 0.2) is 29.8 Å². The molecule has 2 amide bonds. The number of amides is 2. The number of hydrogen-bond donors (Lipinski definition) is 2. The molecule has 2 aromatic rings. The number of nitro groups is 1. The van der Waals surface area contributed by atoms with Gasteiger partial charge in [0.05, 0.1) is 23.8 Å². The molecule has 0 saturated carbocycles. The summed E-state index contributed by atoms with van der Waals surface area (Å²) in [5, 5.41) is 15.8. The number of ether oxygens (including phenoxy) is 1. The molecule has 1 aliphatic heterocycles. The number of hydrogen-bond acceptors (Lipinski definition) is 6. The second-order valence-electron chi connectivity index (χ2n) is 6.07. The number of nitrogens with one attached hydrogen (secondary N) is 2. The molecule has 0 bridgehead atoms. The lowest BCUT2D eigenvalue weighted by Crippen LogP contribution is -2.51. The molecule has 0 radical (unpaired) electrons. The van der Waals surface area contributed by atoms with Crippen molar-refractivity contribution in [2.24, 2.45) is 0 Å². The van der Waals surface area contributed by atoms with Crippen LogP contribution >= 0.6 is 12.2 Å². The average Bonchev–Trinajstić information content (AvgIpc) is 2.90. The number of nitrogens with zero attached hydrogens (tertiary/aromatic N) is 2. The number of aromatic nitrogens is 1. The molecule has 2 heterocycles. The molecule has 1 aliphatic rings. The van der Waals surface area contributed by atoms with E-state index in [-0.39, 0.29) is 16.4 Å². The fourth-order valence-electron chi connectivity index (χ4n) is 3.03. The maximum Gasteiger partial charge on any atom is 0.273 e. The van der Waals surface area contributed by atoms with Crippen LogP contribution in [-0.4, -0.2) is 33.5 Å². The highest BCUT2D eigenvalue weighted by Crippen LogP contribution is 2.32. The van der Waals surface area contributed by atoms with E-state index in [2.05, 4.69) is 10.6 Å². The summed E-state index contributed by atoms with van der Waals surface area (Å²) in [4.78, 5) is 34.7. The van der Waals surface area contributed by atoms with Crippen molar-refractivity contribution in [3.63, 3.8) is 0 Å². The van der Waals surface area contributed by atoms with E-state index >= 15 is 0 Å². The number of aryl methyl sites for hydroxylation is 1. The maximum absolute atomic E-state index is 12.1. The van der Waals surface area contributed by atoms with Crippen LogP contribution in [0.3, 0.4) is 0 Å². The maximum atomic E-state index is 12.1. The Labute approximate surface area is 165 Å². The number of non-ortho nitro benzene ring substituents is 1. The zero-order valence-electron chi connectivity index (χ0n) is 15.2. The minimum absolute atomic E-state index is 0.0340. The van der Waals surface area contributed by atoms with Crippen LogP contribution in [0.25, 0.3) is 11.8 Å². The number of carbonyl (C=O) groups excluding carboxylic acids is 2. The van der Waals surface area contributed by atoms with E-state index in [1.165, 1.54) is 25.3 Å². The van der Waals surface area contributed by atoms with Crippen LogP contribution < -0.4 is 15.4 Å². The van der Waals surface area contributed by atoms with E-state index < -0.39 is 16.7 Å². The monoisotopic (exact) mass is 400 g/mol. The largest absolute Gasteiger partial charge is 0.494 e. The molecule has 0 unspecified atom stereocenters. The van der Waals surface area contributed by atoms with Gasteiger partial charge in [-0.1, -0.05) is 0 Å². The van der Waals surface area contributed by atoms with Gasteiger partial charge in [-0.25, -0.2) is 0 Å². The van der Waals surface area contributed by atoms with Crippen LogP contribution in [0.2, 0.25) is 0 Å². The van der Waals surface area contributed by atoms with Crippen molar-refractivity contribution in [2.45, 2.75) is 13.8 Å². The fourth-order valence-corrected chi connectivity index (χ4v) is 3.22. The van der Waals surface area contributed by atoms with Gasteiger partial charge in [-0.05, 0) is 49.8 Å². The summed E-state index contributed by atoms with van der Waals surface area (Å²) >= 11 is 4.79. The predicted octanol–water partition coefficient (Wildman–Crippen LogP) is 1.93. The minimum atomic E-state index is -0.577. The number of rotatable bonds is 4. The Balaban J connectivity index is 2.10. The van der Waals surface area contributed by atoms with Gasteiger partial charge < -0.3 is 9.30 Å². The molecule has 144 valence electrons. The van der Waals surface area contributed by atoms with Crippen molar-refractivity contribution in [1.29, 1.82) is 0 Å². The first-order chi connectivity index (χ1) is 13.2. The van der Waals surface area contributed by atoms with E-state index in [0.29, 0.717) is 17.0 Å². The first kappa shape index (κ1) is 19.2. The second kappa shape index (κ2) is 7.24. The SMILES string of the molecule is COc1cc([N+](=O)[O-])ccc1-n1c(C)cc(C=C2C(=O)NC(=S)NC2=O)c1C. The van der Waals surface area contributed by atoms with Crippen molar-refractivity contribution in [3.05, 3.63) is 56.9 Å². The van der Waals surface area contributed by atoms with Crippen molar-refractivity contribution in [3.8, 4) is 11.4 Å². The molecule has 3 rings (SSSR count). The van der Waals surface area contributed by atoms with E-state index in [4.69, 9.17) is 17.0 Å². The highest BCUT2D eigenvalue weighted by Gasteiger charge is 2.26. The van der Waals surface area contributed by atoms with Gasteiger partial charge in [0.2, 0.25) is 0 Å². The summed E-state index contributed by atoms with van der Waals surface area (Å²) in [6, 6.07) is 6.12. The van der Waals surface area contributed by atoms with Crippen LogP contribution in [0.1, 0.15) is 17.0 Å². The van der Waals surface area contributed by atoms with Crippen molar-refractivity contribution in [1.82, 2.24) is 15.2 Å². The number of carbonyl (C=O) groups is 2. The van der Waals surface area contributed by atoms with Gasteiger partial charge in [0.25, 0.3) is 17.5 Å². The molecule has 1 saturated heterocycles. The number of thiocarbonyl (C=S) groups is 1. The van der Waals surface area contributed by atoms with Crippen molar-refractivity contribution in [2.75, 3.05) is 7.11 Å². The average molecular weight is 400 g/mol. The predicted molar refractivity (Wildman–Crippen MR) is 105 cm³/mol. The van der Waals surface area contributed by atoms with E-state index in [9.17, 15) is 19.7 Å². The van der Waals surface area contributed by atoms with Crippen LogP contribution in [0, 0.1) is 24.0 Å². The van der Waals surface area contributed by atoms with Gasteiger partial charge in [0.1, 0.15) is 11.3 Å². The molecule has 9 nitrogen and oxygen atoms in total. The smallest absolute Gasteiger partial charge is 0.273 e. The first-order valence-electron chi connectivity index (χ1n) is 8.13. The standard InChI is InChI=1S/C18H16N4O5S/c1-9-6-11(7-13-16(23)19-18(28)20-17(13)24)10(2)21(9)14-5-4-12(22(25)26)8-15(14)27-3/h4-8H,1-3H3,(H2,19,20,23,24,28). The summed E-state index contributed by atoms with van der Waals surface area (Å²) in [5.41, 5.74) is 2.62. The highest BCUT2D eigenvalue weighted by molar-refractivity contribution is 7.80. The van der Waals surface area contributed by atoms with Crippen LogP contribution in [0.4, 0.5) is 5.69 Å². The third-order valence-electron chi connectivity index (χ3n) is 4.33. The number of nitro benzene ring substituents is 1. The third-order valence-corrected chi connectivity index (χ3v) is 4.53. The van der Waals surface area contributed by atoms with Gasteiger partial charge >= 0.3 is 0 Å². The molecule has 28 heavy (non-hydrogen) atoms. The molecule has 2 N–H and O–H groups in total. The van der Waals surface area contributed by atoms with Gasteiger partial charge in [-0.15, -0.1) is 0 Å². The molecule has 0 spiro atoms. The summed E-state index contributed by atoms with van der Waals surface area (Å²) in [7, 11) is 1.43. The first-order valence-corrected chi connectivity index (χ1v) is 8.54. The van der Waals surface area contributed by atoms with Crippen LogP contribution in [0.5, 0.6) is 5.75 Å². The fraction of sp³-hybridized carbons (Fsp3) is 0.167. The molecule has 1 aromatic carbocycles. The highest BCUT2D eigenvalue weighted by atomic mass is 32.1. The summed E-state index contributed by atoms with van der Waals surface area (Å²) in [6.07, 6.45) is 1.48. The van der Waals surface area contributed by atoms with Gasteiger partial charge in [0, 0.05) is 17.5 Å². The Bertz CT molecular complexity index is 1050. The normalized spacial score (nSPS) is 13.8. The van der Waals surface area contributed by atoms with E-state index in [1.807, 2.05) is 18.4 Å².